The molecule has 0 atom stereocenters. The quantitative estimate of drug-likeness (QED) is 0.777. The first-order valence-corrected chi connectivity index (χ1v) is 7.75. The van der Waals surface area contributed by atoms with Crippen molar-refractivity contribution in [3.63, 3.8) is 0 Å². The maximum atomic E-state index is 4.43. The van der Waals surface area contributed by atoms with Gasteiger partial charge in [0, 0.05) is 29.1 Å². The molecule has 1 fully saturated rings. The number of aromatic nitrogens is 3. The van der Waals surface area contributed by atoms with E-state index in [9.17, 15) is 0 Å². The average molecular weight is 265 g/mol. The summed E-state index contributed by atoms with van der Waals surface area (Å²) in [5, 5.41) is 1.18. The summed E-state index contributed by atoms with van der Waals surface area (Å²) in [4.78, 5) is 10.1. The normalized spacial score (nSPS) is 15.4. The topological polar surface area (TPSA) is 30.7 Å². The van der Waals surface area contributed by atoms with Crippen LogP contribution in [-0.2, 0) is 6.42 Å². The molecule has 17 heavy (non-hydrogen) atoms. The molecule has 2 aromatic heterocycles. The second-order valence-corrected chi connectivity index (χ2v) is 6.31. The Labute approximate surface area is 109 Å². The van der Waals surface area contributed by atoms with Gasteiger partial charge in [0.05, 0.1) is 11.2 Å². The van der Waals surface area contributed by atoms with E-state index in [0.717, 1.165) is 18.2 Å². The summed E-state index contributed by atoms with van der Waals surface area (Å²) in [6.07, 6.45) is 7.75. The number of thiazole rings is 1. The molecule has 0 radical (unpaired) electrons. The molecule has 2 heterocycles. The Kier molecular flexibility index (Phi) is 3.20. The zero-order valence-electron chi connectivity index (χ0n) is 9.80. The summed E-state index contributed by atoms with van der Waals surface area (Å²) in [5.41, 5.74) is 3.11. The summed E-state index contributed by atoms with van der Waals surface area (Å²) in [5.74, 6) is 1.09. The third-order valence-corrected chi connectivity index (χ3v) is 4.96. The number of rotatable bonds is 5. The molecule has 3 rings (SSSR count). The summed E-state index contributed by atoms with van der Waals surface area (Å²) < 4.78 is 2.32. The van der Waals surface area contributed by atoms with Gasteiger partial charge in [0.1, 0.15) is 0 Å². The molecule has 0 amide bonds. The summed E-state index contributed by atoms with van der Waals surface area (Å²) in [6, 6.07) is 0.727. The highest BCUT2D eigenvalue weighted by Crippen LogP contribution is 2.37. The van der Waals surface area contributed by atoms with E-state index in [2.05, 4.69) is 27.7 Å². The van der Waals surface area contributed by atoms with Gasteiger partial charge in [-0.1, -0.05) is 11.8 Å². The highest BCUT2D eigenvalue weighted by molar-refractivity contribution is 7.99. The molecule has 3 nitrogen and oxygen atoms in total. The first-order valence-electron chi connectivity index (χ1n) is 5.89. The van der Waals surface area contributed by atoms with Crippen molar-refractivity contribution in [2.75, 3.05) is 5.75 Å². The van der Waals surface area contributed by atoms with Crippen LogP contribution in [0.3, 0.4) is 0 Å². The van der Waals surface area contributed by atoms with Gasteiger partial charge >= 0.3 is 0 Å². The van der Waals surface area contributed by atoms with Crippen molar-refractivity contribution in [1.82, 2.24) is 14.5 Å². The fourth-order valence-electron chi connectivity index (χ4n) is 1.84. The van der Waals surface area contributed by atoms with Gasteiger partial charge in [-0.25, -0.2) is 9.97 Å². The van der Waals surface area contributed by atoms with Crippen molar-refractivity contribution in [3.05, 3.63) is 28.5 Å². The van der Waals surface area contributed by atoms with Gasteiger partial charge in [-0.2, -0.15) is 0 Å². The number of hydrogen-bond acceptors (Lipinski definition) is 4. The second-order valence-electron chi connectivity index (χ2n) is 4.31. The summed E-state index contributed by atoms with van der Waals surface area (Å²) in [7, 11) is 0. The van der Waals surface area contributed by atoms with Crippen LogP contribution in [-0.4, -0.2) is 20.3 Å². The maximum absolute atomic E-state index is 4.43. The lowest BCUT2D eigenvalue weighted by Gasteiger charge is -2.04. The van der Waals surface area contributed by atoms with E-state index in [-0.39, 0.29) is 0 Å². The average Bonchev–Trinajstić information content (AvgIpc) is 2.93. The Bertz CT molecular complexity index is 499. The van der Waals surface area contributed by atoms with Crippen LogP contribution in [0.25, 0.3) is 0 Å². The van der Waals surface area contributed by atoms with E-state index in [1.807, 2.05) is 23.5 Å². The Morgan fingerprint density at radius 2 is 2.35 bits per heavy atom. The smallest absolute Gasteiger partial charge is 0.168 e. The fourth-order valence-corrected chi connectivity index (χ4v) is 3.74. The zero-order valence-corrected chi connectivity index (χ0v) is 11.4. The number of imidazole rings is 1. The van der Waals surface area contributed by atoms with Gasteiger partial charge in [-0.15, -0.1) is 11.3 Å². The van der Waals surface area contributed by atoms with E-state index >= 15 is 0 Å². The lowest BCUT2D eigenvalue weighted by Crippen LogP contribution is -1.96. The van der Waals surface area contributed by atoms with Crippen LogP contribution in [0.2, 0.25) is 0 Å². The van der Waals surface area contributed by atoms with E-state index in [1.54, 1.807) is 11.3 Å². The van der Waals surface area contributed by atoms with Gasteiger partial charge in [0.25, 0.3) is 0 Å². The molecule has 5 heteroatoms. The Hall–Kier alpha value is -0.810. The van der Waals surface area contributed by atoms with E-state index in [4.69, 9.17) is 0 Å². The molecule has 0 saturated heterocycles. The SMILES string of the molecule is Cc1ncsc1CCSc1nccn1C1CC1. The third kappa shape index (κ3) is 2.55. The first-order chi connectivity index (χ1) is 8.34. The highest BCUT2D eigenvalue weighted by atomic mass is 32.2. The molecule has 0 spiro atoms. The van der Waals surface area contributed by atoms with Crippen molar-refractivity contribution < 1.29 is 0 Å². The maximum Gasteiger partial charge on any atom is 0.168 e. The van der Waals surface area contributed by atoms with Gasteiger partial charge in [-0.05, 0) is 26.2 Å². The Morgan fingerprint density at radius 1 is 1.47 bits per heavy atom. The van der Waals surface area contributed by atoms with Crippen molar-refractivity contribution in [1.29, 1.82) is 0 Å². The van der Waals surface area contributed by atoms with Crippen molar-refractivity contribution in [2.24, 2.45) is 0 Å². The van der Waals surface area contributed by atoms with Gasteiger partial charge in [0.2, 0.25) is 0 Å². The molecule has 0 aromatic carbocycles. The molecule has 0 N–H and O–H groups in total. The molecule has 90 valence electrons. The first kappa shape index (κ1) is 11.3. The molecule has 0 aliphatic heterocycles. The highest BCUT2D eigenvalue weighted by Gasteiger charge is 2.25. The number of hydrogen-bond donors (Lipinski definition) is 0. The molecular formula is C12H15N3S2. The molecule has 1 saturated carbocycles. The minimum absolute atomic E-state index is 0.727. The molecule has 0 bridgehead atoms. The molecule has 0 unspecified atom stereocenters. The minimum Gasteiger partial charge on any atom is -0.323 e. The van der Waals surface area contributed by atoms with E-state index in [0.29, 0.717) is 0 Å². The van der Waals surface area contributed by atoms with Gasteiger partial charge in [0.15, 0.2) is 5.16 Å². The van der Waals surface area contributed by atoms with Crippen molar-refractivity contribution in [2.45, 2.75) is 37.4 Å². The Morgan fingerprint density at radius 3 is 3.06 bits per heavy atom. The number of aryl methyl sites for hydroxylation is 2. The standard InChI is InChI=1S/C12H15N3S2/c1-9-11(17-8-14-9)4-7-16-12-13-5-6-15(12)10-2-3-10/h5-6,8,10H,2-4,7H2,1H3. The molecule has 1 aliphatic rings. The largest absolute Gasteiger partial charge is 0.323 e. The van der Waals surface area contributed by atoms with Crippen LogP contribution in [0, 0.1) is 6.92 Å². The predicted octanol–water partition coefficient (Wildman–Crippen LogP) is 3.32. The Balaban J connectivity index is 1.57. The summed E-state index contributed by atoms with van der Waals surface area (Å²) >= 11 is 3.62. The van der Waals surface area contributed by atoms with Crippen molar-refractivity contribution in [3.8, 4) is 0 Å². The van der Waals surface area contributed by atoms with Crippen molar-refractivity contribution >= 4 is 23.1 Å². The predicted molar refractivity (Wildman–Crippen MR) is 71.8 cm³/mol. The van der Waals surface area contributed by atoms with Crippen LogP contribution in [0.15, 0.2) is 23.1 Å². The van der Waals surface area contributed by atoms with Crippen LogP contribution in [0.1, 0.15) is 29.5 Å². The van der Waals surface area contributed by atoms with Crippen LogP contribution in [0.4, 0.5) is 0 Å². The van der Waals surface area contributed by atoms with Gasteiger partial charge < -0.3 is 4.57 Å². The number of nitrogens with zero attached hydrogens (tertiary/aromatic N) is 3. The summed E-state index contributed by atoms with van der Waals surface area (Å²) in [6.45, 7) is 2.08. The molecule has 1 aliphatic carbocycles. The third-order valence-electron chi connectivity index (χ3n) is 2.98. The van der Waals surface area contributed by atoms with Crippen LogP contribution >= 0.6 is 23.1 Å². The second kappa shape index (κ2) is 4.82. The zero-order chi connectivity index (χ0) is 11.7. The van der Waals surface area contributed by atoms with Crippen LogP contribution in [0.5, 0.6) is 0 Å². The minimum atomic E-state index is 0.727. The van der Waals surface area contributed by atoms with E-state index < -0.39 is 0 Å². The lowest BCUT2D eigenvalue weighted by atomic mass is 10.3. The van der Waals surface area contributed by atoms with Crippen LogP contribution < -0.4 is 0 Å². The lowest BCUT2D eigenvalue weighted by molar-refractivity contribution is 0.663. The molecular weight excluding hydrogens is 250 g/mol. The van der Waals surface area contributed by atoms with Gasteiger partial charge in [-0.3, -0.25) is 0 Å². The fraction of sp³-hybridized carbons (Fsp3) is 0.500. The molecule has 2 aromatic rings. The number of thioether (sulfide) groups is 1. The monoisotopic (exact) mass is 265 g/mol. The van der Waals surface area contributed by atoms with E-state index in [1.165, 1.54) is 28.6 Å².